The van der Waals surface area contributed by atoms with Gasteiger partial charge in [-0.1, -0.05) is 6.92 Å². The van der Waals surface area contributed by atoms with Gasteiger partial charge in [-0.2, -0.15) is 0 Å². The SMILES string of the molecule is CCCN([SiH2]I)[SiH2]I. The summed E-state index contributed by atoms with van der Waals surface area (Å²) in [6, 6.07) is 0. The molecule has 0 aliphatic rings. The first kappa shape index (κ1) is 9.85. The van der Waals surface area contributed by atoms with Crippen LogP contribution < -0.4 is 0 Å². The van der Waals surface area contributed by atoms with Gasteiger partial charge in [0.2, 0.25) is 0 Å². The van der Waals surface area contributed by atoms with Crippen molar-refractivity contribution in [3.63, 3.8) is 0 Å². The number of nitrogens with zero attached hydrogens (tertiary/aromatic N) is 1. The van der Waals surface area contributed by atoms with Crippen molar-refractivity contribution in [2.24, 2.45) is 0 Å². The lowest BCUT2D eigenvalue weighted by atomic mass is 10.5. The molecular formula is C3H11I2NSi2. The van der Waals surface area contributed by atoms with E-state index in [0.29, 0.717) is 0 Å². The first-order chi connectivity index (χ1) is 3.85. The molecule has 0 bridgehead atoms. The Morgan fingerprint density at radius 2 is 1.88 bits per heavy atom. The highest BCUT2D eigenvalue weighted by atomic mass is 127. The number of hydrogen-bond donors (Lipinski definition) is 0. The van der Waals surface area contributed by atoms with Crippen LogP contribution in [0.25, 0.3) is 0 Å². The number of hydrogen-bond acceptors (Lipinski definition) is 1. The van der Waals surface area contributed by atoms with Gasteiger partial charge in [0.15, 0.2) is 14.4 Å². The molecule has 0 aliphatic heterocycles. The highest BCUT2D eigenvalue weighted by Gasteiger charge is 1.96. The summed E-state index contributed by atoms with van der Waals surface area (Å²) >= 11 is 5.14. The van der Waals surface area contributed by atoms with Crippen molar-refractivity contribution in [3.05, 3.63) is 0 Å². The van der Waals surface area contributed by atoms with Gasteiger partial charge in [-0.25, -0.2) is 0 Å². The fourth-order valence-corrected chi connectivity index (χ4v) is 16.3. The molecular weight excluding hydrogens is 360 g/mol. The summed E-state index contributed by atoms with van der Waals surface area (Å²) < 4.78 is 2.68. The topological polar surface area (TPSA) is 3.24 Å². The van der Waals surface area contributed by atoms with E-state index in [2.05, 4.69) is 54.7 Å². The fourth-order valence-electron chi connectivity index (χ4n) is 0.468. The molecule has 0 aliphatic carbocycles. The van der Waals surface area contributed by atoms with Crippen molar-refractivity contribution in [1.82, 2.24) is 4.23 Å². The molecule has 1 nitrogen and oxygen atoms in total. The van der Waals surface area contributed by atoms with Crippen LogP contribution in [0.15, 0.2) is 0 Å². The molecule has 0 N–H and O–H groups in total. The first-order valence-corrected chi connectivity index (χ1v) is 14.2. The maximum atomic E-state index is 2.68. The van der Waals surface area contributed by atoms with E-state index in [-0.39, 0.29) is 14.4 Å². The smallest absolute Gasteiger partial charge is 0.159 e. The lowest BCUT2D eigenvalue weighted by Gasteiger charge is -2.13. The zero-order valence-electron chi connectivity index (χ0n) is 5.03. The second-order valence-electron chi connectivity index (χ2n) is 1.63. The van der Waals surface area contributed by atoms with E-state index in [1.54, 1.807) is 0 Å². The highest BCUT2D eigenvalue weighted by molar-refractivity contribution is 14.1. The summed E-state index contributed by atoms with van der Waals surface area (Å²) in [5.74, 6) is 0. The third-order valence-electron chi connectivity index (χ3n) is 0.878. The fraction of sp³-hybridized carbons (Fsp3) is 1.00. The average molecular weight is 371 g/mol. The Balaban J connectivity index is 3.07. The normalized spacial score (nSPS) is 13.5. The van der Waals surface area contributed by atoms with Gasteiger partial charge in [0.25, 0.3) is 0 Å². The molecule has 0 saturated heterocycles. The first-order valence-electron chi connectivity index (χ1n) is 2.69. The van der Waals surface area contributed by atoms with Gasteiger partial charge in [-0.3, -0.25) is 0 Å². The molecule has 0 unspecified atom stereocenters. The van der Waals surface area contributed by atoms with Gasteiger partial charge in [0.1, 0.15) is 0 Å². The molecule has 5 heteroatoms. The van der Waals surface area contributed by atoms with Crippen LogP contribution in [0.4, 0.5) is 0 Å². The second-order valence-corrected chi connectivity index (χ2v) is 8.89. The molecule has 0 atom stereocenters. The van der Waals surface area contributed by atoms with Crippen LogP contribution in [0.3, 0.4) is 0 Å². The summed E-state index contributed by atoms with van der Waals surface area (Å²) in [7, 11) is 0.349. The zero-order valence-corrected chi connectivity index (χ0v) is 12.2. The van der Waals surface area contributed by atoms with Gasteiger partial charge in [-0.15, -0.1) is 43.6 Å². The van der Waals surface area contributed by atoms with E-state index >= 15 is 0 Å². The van der Waals surface area contributed by atoms with Crippen LogP contribution in [-0.2, 0) is 0 Å². The van der Waals surface area contributed by atoms with Gasteiger partial charge >= 0.3 is 0 Å². The summed E-state index contributed by atoms with van der Waals surface area (Å²) in [5.41, 5.74) is 0. The van der Waals surface area contributed by atoms with Crippen LogP contribution in [0.2, 0.25) is 0 Å². The average Bonchev–Trinajstić information content (AvgIpc) is 1.83. The molecule has 0 radical (unpaired) electrons. The Morgan fingerprint density at radius 3 is 2.00 bits per heavy atom. The maximum Gasteiger partial charge on any atom is 0.159 e. The quantitative estimate of drug-likeness (QED) is 0.397. The lowest BCUT2D eigenvalue weighted by molar-refractivity contribution is 0.673. The second kappa shape index (κ2) is 6.97. The van der Waals surface area contributed by atoms with Gasteiger partial charge in [0, 0.05) is 0 Å². The van der Waals surface area contributed by atoms with Crippen molar-refractivity contribution >= 4 is 57.9 Å². The summed E-state index contributed by atoms with van der Waals surface area (Å²) in [5, 5.41) is 0. The largest absolute Gasteiger partial charge is 0.339 e. The zero-order chi connectivity index (χ0) is 6.41. The van der Waals surface area contributed by atoms with Crippen molar-refractivity contribution in [1.29, 1.82) is 0 Å². The summed E-state index contributed by atoms with van der Waals surface area (Å²) in [6.07, 6.45) is 1.34. The van der Waals surface area contributed by atoms with Crippen LogP contribution in [0.1, 0.15) is 13.3 Å². The molecule has 0 aromatic carbocycles. The summed E-state index contributed by atoms with van der Waals surface area (Å²) in [4.78, 5) is 0. The van der Waals surface area contributed by atoms with Crippen molar-refractivity contribution in [2.75, 3.05) is 6.54 Å². The lowest BCUT2D eigenvalue weighted by Crippen LogP contribution is -2.25. The minimum Gasteiger partial charge on any atom is -0.339 e. The molecule has 8 heavy (non-hydrogen) atoms. The Hall–Kier alpha value is 1.85. The molecule has 0 rings (SSSR count). The van der Waals surface area contributed by atoms with E-state index in [9.17, 15) is 0 Å². The van der Waals surface area contributed by atoms with E-state index in [0.717, 1.165) is 0 Å². The number of rotatable bonds is 4. The van der Waals surface area contributed by atoms with E-state index in [1.165, 1.54) is 13.0 Å². The minimum absolute atomic E-state index is 0.175. The molecule has 0 saturated carbocycles. The Morgan fingerprint density at radius 1 is 1.38 bits per heavy atom. The third kappa shape index (κ3) is 4.71. The van der Waals surface area contributed by atoms with Gasteiger partial charge < -0.3 is 4.23 Å². The Kier molecular flexibility index (Phi) is 8.58. The predicted molar refractivity (Wildman–Crippen MR) is 62.1 cm³/mol. The van der Waals surface area contributed by atoms with Gasteiger partial charge in [-0.05, 0) is 13.0 Å². The Labute approximate surface area is 81.2 Å². The third-order valence-corrected chi connectivity index (χ3v) is 14.8. The molecule has 0 amide bonds. The highest BCUT2D eigenvalue weighted by Crippen LogP contribution is 1.93. The monoisotopic (exact) mass is 371 g/mol. The molecule has 0 spiro atoms. The molecule has 0 aromatic heterocycles. The van der Waals surface area contributed by atoms with E-state index in [1.807, 2.05) is 0 Å². The van der Waals surface area contributed by atoms with E-state index in [4.69, 9.17) is 0 Å². The molecule has 0 aromatic rings. The minimum atomic E-state index is 0.175. The van der Waals surface area contributed by atoms with Crippen LogP contribution >= 0.6 is 43.6 Å². The van der Waals surface area contributed by atoms with Crippen molar-refractivity contribution in [3.8, 4) is 0 Å². The van der Waals surface area contributed by atoms with Crippen molar-refractivity contribution in [2.45, 2.75) is 13.3 Å². The maximum absolute atomic E-state index is 2.68. The number of halogens is 2. The molecule has 0 fully saturated rings. The standard InChI is InChI=1S/C3H11I2NSi2/c1-2-3-6(7-4)8-5/h2-3,7-8H2,1H3. The molecule has 0 heterocycles. The van der Waals surface area contributed by atoms with Crippen molar-refractivity contribution < 1.29 is 0 Å². The van der Waals surface area contributed by atoms with Gasteiger partial charge in [0.05, 0.1) is 0 Å². The Bertz CT molecular complexity index is 50.5. The van der Waals surface area contributed by atoms with Crippen LogP contribution in [-0.4, -0.2) is 25.1 Å². The predicted octanol–water partition coefficient (Wildman–Crippen LogP) is 0.566. The van der Waals surface area contributed by atoms with Crippen LogP contribution in [0, 0.1) is 0 Å². The summed E-state index contributed by atoms with van der Waals surface area (Å²) in [6.45, 7) is 3.62. The molecule has 50 valence electrons. The van der Waals surface area contributed by atoms with E-state index < -0.39 is 0 Å². The van der Waals surface area contributed by atoms with Crippen LogP contribution in [0.5, 0.6) is 0 Å².